The van der Waals surface area contributed by atoms with Gasteiger partial charge in [0.15, 0.2) is 11.5 Å². The smallest absolute Gasteiger partial charge is 0.339 e. The number of carboxylic acids is 1. The number of carboxylic acid groups (broad SMARTS) is 1. The van der Waals surface area contributed by atoms with Crippen LogP contribution in [0, 0.1) is 0 Å². The lowest BCUT2D eigenvalue weighted by Gasteiger charge is -2.21. The molecule has 0 spiro atoms. The molecular weight excluding hydrogens is 600 g/mol. The predicted molar refractivity (Wildman–Crippen MR) is 159 cm³/mol. The lowest BCUT2D eigenvalue weighted by Crippen LogP contribution is -2.10. The number of benzene rings is 4. The highest BCUT2D eigenvalue weighted by molar-refractivity contribution is 7.86. The van der Waals surface area contributed by atoms with E-state index in [1.165, 1.54) is 38.5 Å². The van der Waals surface area contributed by atoms with Crippen molar-refractivity contribution in [1.82, 2.24) is 0 Å². The van der Waals surface area contributed by atoms with Crippen LogP contribution in [-0.4, -0.2) is 54.6 Å². The Morgan fingerprint density at radius 3 is 1.91 bits per heavy atom. The van der Waals surface area contributed by atoms with E-state index in [2.05, 4.69) is 0 Å². The maximum Gasteiger partial charge on any atom is 0.339 e. The Morgan fingerprint density at radius 2 is 1.35 bits per heavy atom. The Balaban J connectivity index is 1.88. The Kier molecular flexibility index (Phi) is 9.16. The van der Waals surface area contributed by atoms with E-state index in [0.29, 0.717) is 11.1 Å². The average Bonchev–Trinajstić information content (AvgIpc) is 2.94. The third-order valence-corrected chi connectivity index (χ3v) is 6.97. The molecule has 4 aromatic rings. The zero-order valence-electron chi connectivity index (χ0n) is 23.6. The first-order chi connectivity index (χ1) is 20.3. The molecule has 0 aliphatic rings. The van der Waals surface area contributed by atoms with Crippen molar-refractivity contribution in [2.45, 2.75) is 6.61 Å². The summed E-state index contributed by atoms with van der Waals surface area (Å²) in [5, 5.41) is 9.99. The Hall–Kier alpha value is -4.75. The molecule has 11 nitrogen and oxygen atoms in total. The fourth-order valence-electron chi connectivity index (χ4n) is 4.28. The molecule has 0 aromatic heterocycles. The maximum absolute atomic E-state index is 12.4. The fraction of sp³-hybridized carbons (Fsp3) is 0.167. The standard InChI is InChI=1S/C30H28O11S2/c1-37-26-17-23(20-10-13-22(14-11-20)40-42(3,33)34)28(38-2)29(41-43(4,35)36)27(26)21-12-15-25(24(16-21)30(31)32)39-18-19-8-6-5-7-9-19/h5-17H,18H2,1-4H3,(H,31,32). The van der Waals surface area contributed by atoms with Crippen molar-refractivity contribution < 1.29 is 49.3 Å². The van der Waals surface area contributed by atoms with Gasteiger partial charge in [-0.1, -0.05) is 48.5 Å². The molecule has 0 aliphatic heterocycles. The quantitative estimate of drug-likeness (QED) is 0.211. The van der Waals surface area contributed by atoms with Crippen LogP contribution in [0.25, 0.3) is 22.3 Å². The highest BCUT2D eigenvalue weighted by Crippen LogP contribution is 2.51. The molecule has 0 amide bonds. The van der Waals surface area contributed by atoms with E-state index < -0.39 is 26.2 Å². The second-order valence-corrected chi connectivity index (χ2v) is 12.4. The molecule has 0 heterocycles. The van der Waals surface area contributed by atoms with Gasteiger partial charge in [-0.25, -0.2) is 4.79 Å². The summed E-state index contributed by atoms with van der Waals surface area (Å²) in [4.78, 5) is 12.3. The molecule has 0 saturated carbocycles. The molecule has 0 fully saturated rings. The van der Waals surface area contributed by atoms with Gasteiger partial charge < -0.3 is 27.7 Å². The summed E-state index contributed by atoms with van der Waals surface area (Å²) < 4.78 is 75.2. The molecule has 0 bridgehead atoms. The van der Waals surface area contributed by atoms with Gasteiger partial charge in [0.1, 0.15) is 29.4 Å². The SMILES string of the molecule is COc1cc(-c2ccc(OS(C)(=O)=O)cc2)c(OC)c(OS(C)(=O)=O)c1-c1ccc(OCc2ccccc2)c(C(=O)O)c1. The van der Waals surface area contributed by atoms with Gasteiger partial charge in [0.2, 0.25) is 0 Å². The van der Waals surface area contributed by atoms with Gasteiger partial charge in [0.25, 0.3) is 0 Å². The van der Waals surface area contributed by atoms with Crippen molar-refractivity contribution in [2.75, 3.05) is 26.7 Å². The van der Waals surface area contributed by atoms with Crippen molar-refractivity contribution in [1.29, 1.82) is 0 Å². The molecule has 13 heteroatoms. The first kappa shape index (κ1) is 31.2. The first-order valence-electron chi connectivity index (χ1n) is 12.5. The Bertz CT molecular complexity index is 1850. The van der Waals surface area contributed by atoms with Gasteiger partial charge in [0.05, 0.1) is 32.3 Å². The number of hydrogen-bond donors (Lipinski definition) is 1. The minimum Gasteiger partial charge on any atom is -0.496 e. The molecule has 0 atom stereocenters. The van der Waals surface area contributed by atoms with E-state index in [-0.39, 0.29) is 52.0 Å². The third-order valence-electron chi connectivity index (χ3n) is 6.01. The predicted octanol–water partition coefficient (Wildman–Crippen LogP) is 4.99. The second kappa shape index (κ2) is 12.6. The molecule has 0 unspecified atom stereocenters. The van der Waals surface area contributed by atoms with Crippen LogP contribution in [0.5, 0.6) is 28.7 Å². The van der Waals surface area contributed by atoms with Gasteiger partial charge in [-0.05, 0) is 47.0 Å². The maximum atomic E-state index is 12.4. The van der Waals surface area contributed by atoms with Crippen molar-refractivity contribution in [3.05, 3.63) is 90.0 Å². The van der Waals surface area contributed by atoms with E-state index in [1.54, 1.807) is 24.3 Å². The number of ether oxygens (including phenoxy) is 3. The summed E-state index contributed by atoms with van der Waals surface area (Å²) >= 11 is 0. The van der Waals surface area contributed by atoms with Gasteiger partial charge in [0, 0.05) is 5.56 Å². The second-order valence-electron chi connectivity index (χ2n) is 9.25. The van der Waals surface area contributed by atoms with Crippen LogP contribution in [0.3, 0.4) is 0 Å². The summed E-state index contributed by atoms with van der Waals surface area (Å²) in [6, 6.07) is 21.0. The molecule has 0 radical (unpaired) electrons. The zero-order chi connectivity index (χ0) is 31.4. The number of aromatic carboxylic acids is 1. The number of rotatable bonds is 12. The minimum absolute atomic E-state index is 0.000662. The van der Waals surface area contributed by atoms with Crippen molar-refractivity contribution in [3.8, 4) is 51.0 Å². The largest absolute Gasteiger partial charge is 0.496 e. The van der Waals surface area contributed by atoms with Gasteiger partial charge in [-0.3, -0.25) is 0 Å². The van der Waals surface area contributed by atoms with Crippen molar-refractivity contribution in [2.24, 2.45) is 0 Å². The van der Waals surface area contributed by atoms with Crippen LogP contribution >= 0.6 is 0 Å². The molecule has 0 saturated heterocycles. The molecule has 43 heavy (non-hydrogen) atoms. The van der Waals surface area contributed by atoms with Crippen molar-refractivity contribution in [3.63, 3.8) is 0 Å². The van der Waals surface area contributed by atoms with Crippen LogP contribution in [0.2, 0.25) is 0 Å². The van der Waals surface area contributed by atoms with E-state index in [0.717, 1.165) is 18.1 Å². The normalized spacial score (nSPS) is 11.4. The van der Waals surface area contributed by atoms with Crippen LogP contribution in [0.4, 0.5) is 0 Å². The molecule has 4 rings (SSSR count). The van der Waals surface area contributed by atoms with E-state index in [1.807, 2.05) is 30.3 Å². The Labute approximate surface area is 249 Å². The van der Waals surface area contributed by atoms with Gasteiger partial charge >= 0.3 is 26.2 Å². The fourth-order valence-corrected chi connectivity index (χ4v) is 5.20. The molecule has 226 valence electrons. The van der Waals surface area contributed by atoms with E-state index in [9.17, 15) is 26.7 Å². The highest BCUT2D eigenvalue weighted by atomic mass is 32.2. The zero-order valence-corrected chi connectivity index (χ0v) is 25.2. The van der Waals surface area contributed by atoms with Crippen molar-refractivity contribution >= 4 is 26.2 Å². The molecule has 0 aliphatic carbocycles. The highest BCUT2D eigenvalue weighted by Gasteiger charge is 2.27. The summed E-state index contributed by atoms with van der Waals surface area (Å²) in [6.45, 7) is 0.128. The van der Waals surface area contributed by atoms with E-state index in [4.69, 9.17) is 22.6 Å². The lowest BCUT2D eigenvalue weighted by molar-refractivity contribution is 0.0691. The van der Waals surface area contributed by atoms with E-state index >= 15 is 0 Å². The topological polar surface area (TPSA) is 152 Å². The number of methoxy groups -OCH3 is 2. The summed E-state index contributed by atoms with van der Waals surface area (Å²) in [5.74, 6) is -1.21. The summed E-state index contributed by atoms with van der Waals surface area (Å²) in [6.07, 6.45) is 1.77. The van der Waals surface area contributed by atoms with Crippen LogP contribution in [-0.2, 0) is 26.8 Å². The van der Waals surface area contributed by atoms with Crippen LogP contribution in [0.1, 0.15) is 15.9 Å². The lowest BCUT2D eigenvalue weighted by atomic mass is 9.95. The summed E-state index contributed by atoms with van der Waals surface area (Å²) in [5.41, 5.74) is 1.85. The van der Waals surface area contributed by atoms with Gasteiger partial charge in [-0.2, -0.15) is 16.8 Å². The molecule has 4 aromatic carbocycles. The molecule has 1 N–H and O–H groups in total. The third kappa shape index (κ3) is 7.76. The van der Waals surface area contributed by atoms with Gasteiger partial charge in [-0.15, -0.1) is 0 Å². The monoisotopic (exact) mass is 628 g/mol. The number of carbonyl (C=O) groups is 1. The summed E-state index contributed by atoms with van der Waals surface area (Å²) in [7, 11) is -5.21. The minimum atomic E-state index is -4.13. The van der Waals surface area contributed by atoms with Crippen LogP contribution in [0.15, 0.2) is 78.9 Å². The Morgan fingerprint density at radius 1 is 0.721 bits per heavy atom. The average molecular weight is 629 g/mol. The number of hydrogen-bond acceptors (Lipinski definition) is 10. The first-order valence-corrected chi connectivity index (χ1v) is 16.2. The van der Waals surface area contributed by atoms with Crippen LogP contribution < -0.4 is 22.6 Å². The molecular formula is C30H28O11S2.